The van der Waals surface area contributed by atoms with Gasteiger partial charge >= 0.3 is 0 Å². The molecule has 8 nitrogen and oxygen atoms in total. The van der Waals surface area contributed by atoms with Crippen molar-refractivity contribution in [3.8, 4) is 97.1 Å². The predicted molar refractivity (Wildman–Crippen MR) is 295 cm³/mol. The van der Waals surface area contributed by atoms with E-state index in [2.05, 4.69) is 155 Å². The quantitative estimate of drug-likeness (QED) is 0.150. The van der Waals surface area contributed by atoms with Gasteiger partial charge in [-0.1, -0.05) is 152 Å². The van der Waals surface area contributed by atoms with Crippen LogP contribution in [0, 0.1) is 34.0 Å². The molecule has 0 radical (unpaired) electrons. The molecule has 0 saturated heterocycles. The third-order valence-electron chi connectivity index (χ3n) is 13.8. The summed E-state index contributed by atoms with van der Waals surface area (Å²) in [6.07, 6.45) is 0. The number of para-hydroxylation sites is 4. The van der Waals surface area contributed by atoms with Gasteiger partial charge in [0.05, 0.1) is 68.3 Å². The normalized spacial score (nSPS) is 11.2. The summed E-state index contributed by atoms with van der Waals surface area (Å²) >= 11 is 0. The highest BCUT2D eigenvalue weighted by molar-refractivity contribution is 6.11. The second kappa shape index (κ2) is 17.9. The summed E-state index contributed by atoms with van der Waals surface area (Å²) in [5.74, 6) is 1.40. The van der Waals surface area contributed by atoms with E-state index in [0.29, 0.717) is 34.2 Å². The molecule has 0 bridgehead atoms. The molecule has 8 heteroatoms. The van der Waals surface area contributed by atoms with Crippen molar-refractivity contribution in [1.29, 1.82) is 15.8 Å². The largest absolute Gasteiger partial charge is 0.309 e. The average molecular weight is 943 g/mol. The molecular weight excluding hydrogens is 905 g/mol. The Morgan fingerprint density at radius 3 is 0.973 bits per heavy atom. The van der Waals surface area contributed by atoms with Crippen molar-refractivity contribution < 1.29 is 0 Å². The molecule has 342 valence electrons. The number of hydrogen-bond donors (Lipinski definition) is 0. The smallest absolute Gasteiger partial charge is 0.164 e. The lowest BCUT2D eigenvalue weighted by Gasteiger charge is -2.17. The van der Waals surface area contributed by atoms with E-state index in [0.717, 1.165) is 105 Å². The van der Waals surface area contributed by atoms with Crippen LogP contribution < -0.4 is 0 Å². The third kappa shape index (κ3) is 7.42. The lowest BCUT2D eigenvalue weighted by atomic mass is 9.98. The van der Waals surface area contributed by atoms with Crippen LogP contribution >= 0.6 is 0 Å². The first-order chi connectivity index (χ1) is 36.5. The number of fused-ring (bicyclic) bond motifs is 6. The van der Waals surface area contributed by atoms with Crippen LogP contribution in [0.1, 0.15) is 16.7 Å². The van der Waals surface area contributed by atoms with E-state index >= 15 is 0 Å². The van der Waals surface area contributed by atoms with Crippen LogP contribution in [0.15, 0.2) is 231 Å². The monoisotopic (exact) mass is 942 g/mol. The Bertz CT molecular complexity index is 4210. The molecular formula is C66H38N8. The maximum atomic E-state index is 10.0. The van der Waals surface area contributed by atoms with Gasteiger partial charge in [0, 0.05) is 49.4 Å². The van der Waals surface area contributed by atoms with Gasteiger partial charge in [0.2, 0.25) is 0 Å². The molecule has 0 aliphatic rings. The molecule has 13 rings (SSSR count). The standard InChI is InChI=1S/C66H38N8/c67-39-42-13-9-16-45(33-42)46-17-12-20-49(36-46)64-70-65(50-29-31-52(47-18-10-14-43(34-47)40-68)62(37-50)73-58-25-5-1-21-54(58)55-22-2-6-26-59(55)73)72-66(71-64)51-30-32-53(48-19-11-15-44(35-48)41-69)63(38-51)74-60-27-7-3-23-56(60)57-24-4-8-28-61(57)74/h1-38H. The topological polar surface area (TPSA) is 120 Å². The molecule has 0 spiro atoms. The average Bonchev–Trinajstić information content (AvgIpc) is 4.00. The lowest BCUT2D eigenvalue weighted by Crippen LogP contribution is -2.03. The molecule has 0 aliphatic carbocycles. The van der Waals surface area contributed by atoms with Crippen molar-refractivity contribution in [3.05, 3.63) is 247 Å². The molecule has 0 atom stereocenters. The van der Waals surface area contributed by atoms with Crippen LogP contribution in [-0.4, -0.2) is 24.1 Å². The zero-order valence-electron chi connectivity index (χ0n) is 39.5. The number of nitrogens with zero attached hydrogens (tertiary/aromatic N) is 8. The fourth-order valence-corrected chi connectivity index (χ4v) is 10.4. The van der Waals surface area contributed by atoms with Crippen LogP contribution in [0.4, 0.5) is 0 Å². The van der Waals surface area contributed by atoms with E-state index in [1.807, 2.05) is 97.1 Å². The zero-order valence-corrected chi connectivity index (χ0v) is 39.5. The first kappa shape index (κ1) is 43.3. The summed E-state index contributed by atoms with van der Waals surface area (Å²) in [6.45, 7) is 0. The number of nitriles is 3. The van der Waals surface area contributed by atoms with Crippen molar-refractivity contribution in [2.75, 3.05) is 0 Å². The Morgan fingerprint density at radius 2 is 0.581 bits per heavy atom. The van der Waals surface area contributed by atoms with E-state index in [9.17, 15) is 15.8 Å². The highest BCUT2D eigenvalue weighted by Gasteiger charge is 2.22. The highest BCUT2D eigenvalue weighted by atomic mass is 15.0. The van der Waals surface area contributed by atoms with Crippen molar-refractivity contribution in [3.63, 3.8) is 0 Å². The molecule has 0 N–H and O–H groups in total. The summed E-state index contributed by atoms with van der Waals surface area (Å²) in [5, 5.41) is 34.4. The van der Waals surface area contributed by atoms with E-state index in [1.54, 1.807) is 6.07 Å². The minimum atomic E-state index is 0.463. The predicted octanol–water partition coefficient (Wildman–Crippen LogP) is 15.7. The summed E-state index contributed by atoms with van der Waals surface area (Å²) in [5.41, 5.74) is 15.4. The Morgan fingerprint density at radius 1 is 0.270 bits per heavy atom. The van der Waals surface area contributed by atoms with Crippen LogP contribution in [0.25, 0.3) is 123 Å². The lowest BCUT2D eigenvalue weighted by molar-refractivity contribution is 1.07. The zero-order chi connectivity index (χ0) is 49.7. The van der Waals surface area contributed by atoms with Crippen molar-refractivity contribution in [2.24, 2.45) is 0 Å². The summed E-state index contributed by atoms with van der Waals surface area (Å²) in [7, 11) is 0. The van der Waals surface area contributed by atoms with Gasteiger partial charge < -0.3 is 9.13 Å². The SMILES string of the molecule is N#Cc1cccc(-c2cccc(-c3nc(-c4ccc(-c5cccc(C#N)c5)c(-n5c6ccccc6c6ccccc65)c4)nc(-c4ccc(-c5cccc(C#N)c5)c(-n5c6ccccc6c6ccccc65)c4)n3)c2)c1. The first-order valence-electron chi connectivity index (χ1n) is 24.2. The van der Waals surface area contributed by atoms with Crippen LogP contribution in [0.2, 0.25) is 0 Å². The Kier molecular flexibility index (Phi) is 10.5. The van der Waals surface area contributed by atoms with Gasteiger partial charge in [0.25, 0.3) is 0 Å². The van der Waals surface area contributed by atoms with E-state index in [-0.39, 0.29) is 0 Å². The van der Waals surface area contributed by atoms with Crippen LogP contribution in [-0.2, 0) is 0 Å². The van der Waals surface area contributed by atoms with Gasteiger partial charge in [0.15, 0.2) is 17.5 Å². The summed E-state index contributed by atoms with van der Waals surface area (Å²) in [4.78, 5) is 16.0. The summed E-state index contributed by atoms with van der Waals surface area (Å²) in [6, 6.07) is 84.3. The van der Waals surface area contributed by atoms with Gasteiger partial charge in [-0.25, -0.2) is 15.0 Å². The van der Waals surface area contributed by atoms with E-state index < -0.39 is 0 Å². The summed E-state index contributed by atoms with van der Waals surface area (Å²) < 4.78 is 4.59. The number of hydrogen-bond acceptors (Lipinski definition) is 6. The van der Waals surface area contributed by atoms with Crippen molar-refractivity contribution >= 4 is 43.6 Å². The number of rotatable bonds is 8. The first-order valence-corrected chi connectivity index (χ1v) is 24.2. The van der Waals surface area contributed by atoms with Gasteiger partial charge in [-0.2, -0.15) is 15.8 Å². The Hall–Kier alpha value is -10.7. The molecule has 0 fully saturated rings. The van der Waals surface area contributed by atoms with Crippen LogP contribution in [0.3, 0.4) is 0 Å². The number of aromatic nitrogens is 5. The third-order valence-corrected chi connectivity index (χ3v) is 13.8. The Labute approximate surface area is 425 Å². The highest BCUT2D eigenvalue weighted by Crippen LogP contribution is 2.41. The molecule has 13 aromatic rings. The minimum Gasteiger partial charge on any atom is -0.309 e. The Balaban J connectivity index is 1.08. The maximum Gasteiger partial charge on any atom is 0.164 e. The van der Waals surface area contributed by atoms with Gasteiger partial charge in [-0.15, -0.1) is 0 Å². The molecule has 3 aromatic heterocycles. The van der Waals surface area contributed by atoms with Gasteiger partial charge in [0.1, 0.15) is 0 Å². The molecule has 74 heavy (non-hydrogen) atoms. The fraction of sp³-hybridized carbons (Fsp3) is 0. The fourth-order valence-electron chi connectivity index (χ4n) is 10.4. The van der Waals surface area contributed by atoms with Gasteiger partial charge in [-0.05, 0) is 101 Å². The molecule has 0 aliphatic heterocycles. The molecule has 0 amide bonds. The molecule has 0 unspecified atom stereocenters. The van der Waals surface area contributed by atoms with E-state index in [1.165, 1.54) is 0 Å². The molecule has 3 heterocycles. The second-order valence-corrected chi connectivity index (χ2v) is 18.2. The van der Waals surface area contributed by atoms with Gasteiger partial charge in [-0.3, -0.25) is 0 Å². The van der Waals surface area contributed by atoms with E-state index in [4.69, 9.17) is 15.0 Å². The maximum absolute atomic E-state index is 10.0. The number of benzene rings is 10. The second-order valence-electron chi connectivity index (χ2n) is 18.2. The van der Waals surface area contributed by atoms with Crippen LogP contribution in [0.5, 0.6) is 0 Å². The van der Waals surface area contributed by atoms with Crippen molar-refractivity contribution in [1.82, 2.24) is 24.1 Å². The van der Waals surface area contributed by atoms with Crippen molar-refractivity contribution in [2.45, 2.75) is 0 Å². The minimum absolute atomic E-state index is 0.463. The molecule has 0 saturated carbocycles. The molecule has 10 aromatic carbocycles.